The van der Waals surface area contributed by atoms with Crippen LogP contribution >= 0.6 is 11.6 Å². The molecule has 6 heavy (non-hydrogen) atoms. The quantitative estimate of drug-likeness (QED) is 0.287. The van der Waals surface area contributed by atoms with Crippen LogP contribution in [-0.4, -0.2) is 5.25 Å². The highest BCUT2D eigenvalue weighted by molar-refractivity contribution is 6.22. The number of rotatable bonds is 1. The second-order valence-corrected chi connectivity index (χ2v) is 1.62. The van der Waals surface area contributed by atoms with Gasteiger partial charge in [-0.2, -0.15) is 4.39 Å². The average Bonchev–Trinajstić information content (AvgIpc) is 1.35. The molecule has 0 aliphatic carbocycles. The SMILES string of the molecule is CC(F)(Cl)N=O. The van der Waals surface area contributed by atoms with Gasteiger partial charge in [-0.1, -0.05) is 11.6 Å². The molecule has 0 aromatic heterocycles. The van der Waals surface area contributed by atoms with Gasteiger partial charge in [0.25, 0.3) is 0 Å². The Morgan fingerprint density at radius 3 is 2.17 bits per heavy atom. The molecular weight excluding hydrogens is 108 g/mol. The lowest BCUT2D eigenvalue weighted by atomic mass is 10.7. The summed E-state index contributed by atoms with van der Waals surface area (Å²) in [5, 5.41) is -0.547. The normalized spacial score (nSPS) is 19.2. The van der Waals surface area contributed by atoms with Gasteiger partial charge in [-0.3, -0.25) is 0 Å². The molecule has 0 aromatic carbocycles. The first kappa shape index (κ1) is 5.82. The maximum absolute atomic E-state index is 11.4. The van der Waals surface area contributed by atoms with Crippen molar-refractivity contribution in [3.63, 3.8) is 0 Å². The standard InChI is InChI=1S/C2H3ClFNO/c1-2(3,4)5-6/h1H3. The van der Waals surface area contributed by atoms with E-state index in [0.29, 0.717) is 0 Å². The van der Waals surface area contributed by atoms with E-state index in [4.69, 9.17) is 4.91 Å². The maximum Gasteiger partial charge on any atom is 0.310 e. The Morgan fingerprint density at radius 1 is 2.00 bits per heavy atom. The van der Waals surface area contributed by atoms with Gasteiger partial charge in [-0.15, -0.1) is 4.91 Å². The lowest BCUT2D eigenvalue weighted by molar-refractivity contribution is 0.318. The highest BCUT2D eigenvalue weighted by Crippen LogP contribution is 2.15. The van der Waals surface area contributed by atoms with Gasteiger partial charge in [-0.05, 0) is 5.18 Å². The fourth-order valence-electron chi connectivity index (χ4n) is 0. The van der Waals surface area contributed by atoms with Crippen molar-refractivity contribution >= 4 is 11.6 Å². The molecule has 1 unspecified atom stereocenters. The minimum atomic E-state index is -2.42. The van der Waals surface area contributed by atoms with E-state index >= 15 is 0 Å². The number of nitrogens with zero attached hydrogens (tertiary/aromatic N) is 1. The van der Waals surface area contributed by atoms with Gasteiger partial charge >= 0.3 is 5.25 Å². The molecule has 0 heterocycles. The van der Waals surface area contributed by atoms with Crippen LogP contribution in [0, 0.1) is 4.91 Å². The summed E-state index contributed by atoms with van der Waals surface area (Å²) in [5.74, 6) is 0. The van der Waals surface area contributed by atoms with Crippen LogP contribution in [-0.2, 0) is 0 Å². The molecule has 4 heteroatoms. The van der Waals surface area contributed by atoms with Crippen LogP contribution in [0.25, 0.3) is 0 Å². The fourth-order valence-corrected chi connectivity index (χ4v) is 0. The largest absolute Gasteiger partial charge is 0.310 e. The summed E-state index contributed by atoms with van der Waals surface area (Å²) in [5.41, 5.74) is 0. The number of hydrogen-bond acceptors (Lipinski definition) is 2. The molecule has 2 nitrogen and oxygen atoms in total. The topological polar surface area (TPSA) is 29.4 Å². The van der Waals surface area contributed by atoms with Gasteiger partial charge in [0.2, 0.25) is 0 Å². The number of halogens is 2. The van der Waals surface area contributed by atoms with Crippen LogP contribution in [0.15, 0.2) is 5.18 Å². The fraction of sp³-hybridized carbons (Fsp3) is 1.00. The predicted octanol–water partition coefficient (Wildman–Crippen LogP) is 1.63. The van der Waals surface area contributed by atoms with Gasteiger partial charge in [-0.25, -0.2) is 0 Å². The van der Waals surface area contributed by atoms with Crippen molar-refractivity contribution in [2.75, 3.05) is 0 Å². The molecule has 0 saturated heterocycles. The van der Waals surface area contributed by atoms with E-state index in [2.05, 4.69) is 11.6 Å². The van der Waals surface area contributed by atoms with Gasteiger partial charge in [0, 0.05) is 6.92 Å². The van der Waals surface area contributed by atoms with E-state index in [0.717, 1.165) is 6.92 Å². The van der Waals surface area contributed by atoms with Gasteiger partial charge in [0.15, 0.2) is 0 Å². The third-order valence-electron chi connectivity index (χ3n) is 0.160. The lowest BCUT2D eigenvalue weighted by Gasteiger charge is -1.93. The molecule has 0 fully saturated rings. The summed E-state index contributed by atoms with van der Waals surface area (Å²) in [7, 11) is 0. The summed E-state index contributed by atoms with van der Waals surface area (Å²) >= 11 is 4.57. The van der Waals surface area contributed by atoms with Crippen LogP contribution in [0.3, 0.4) is 0 Å². The predicted molar refractivity (Wildman–Crippen MR) is 21.2 cm³/mol. The minimum Gasteiger partial charge on any atom is -0.196 e. The molecular formula is C2H3ClFNO. The van der Waals surface area contributed by atoms with E-state index < -0.39 is 5.25 Å². The second kappa shape index (κ2) is 1.51. The Bertz CT molecular complexity index is 59.1. The first-order valence-electron chi connectivity index (χ1n) is 1.28. The Hall–Kier alpha value is -0.180. The van der Waals surface area contributed by atoms with Gasteiger partial charge < -0.3 is 0 Å². The first-order valence-corrected chi connectivity index (χ1v) is 1.66. The smallest absolute Gasteiger partial charge is 0.196 e. The molecule has 0 spiro atoms. The molecule has 0 N–H and O–H groups in total. The van der Waals surface area contributed by atoms with Crippen molar-refractivity contribution in [1.82, 2.24) is 0 Å². The van der Waals surface area contributed by atoms with E-state index in [1.54, 1.807) is 0 Å². The van der Waals surface area contributed by atoms with Crippen molar-refractivity contribution in [2.45, 2.75) is 12.2 Å². The minimum absolute atomic E-state index is 0.863. The molecule has 1 atom stereocenters. The molecule has 0 radical (unpaired) electrons. The van der Waals surface area contributed by atoms with Crippen LogP contribution in [0.5, 0.6) is 0 Å². The van der Waals surface area contributed by atoms with Crippen molar-refractivity contribution in [3.8, 4) is 0 Å². The Kier molecular flexibility index (Phi) is 1.47. The van der Waals surface area contributed by atoms with Crippen LogP contribution < -0.4 is 0 Å². The lowest BCUT2D eigenvalue weighted by Crippen LogP contribution is -1.98. The molecule has 0 aliphatic rings. The molecule has 0 rings (SSSR count). The summed E-state index contributed by atoms with van der Waals surface area (Å²) in [4.78, 5) is 9.07. The van der Waals surface area contributed by atoms with Gasteiger partial charge in [0.05, 0.1) is 0 Å². The zero-order chi connectivity index (χ0) is 5.21. The highest BCUT2D eigenvalue weighted by Gasteiger charge is 2.16. The molecule has 0 amide bonds. The van der Waals surface area contributed by atoms with E-state index in [-0.39, 0.29) is 0 Å². The van der Waals surface area contributed by atoms with E-state index in [9.17, 15) is 4.39 Å². The highest BCUT2D eigenvalue weighted by atomic mass is 35.5. The number of nitroso groups, excluding NO2 is 1. The van der Waals surface area contributed by atoms with Crippen molar-refractivity contribution in [3.05, 3.63) is 4.91 Å². The molecule has 0 saturated carbocycles. The monoisotopic (exact) mass is 111 g/mol. The average molecular weight is 112 g/mol. The first-order chi connectivity index (χ1) is 2.56. The van der Waals surface area contributed by atoms with Crippen LogP contribution in [0.4, 0.5) is 4.39 Å². The summed E-state index contributed by atoms with van der Waals surface area (Å²) < 4.78 is 11.4. The summed E-state index contributed by atoms with van der Waals surface area (Å²) in [6, 6.07) is 0. The third-order valence-corrected chi connectivity index (χ3v) is 0.229. The van der Waals surface area contributed by atoms with Crippen molar-refractivity contribution in [2.24, 2.45) is 5.18 Å². The summed E-state index contributed by atoms with van der Waals surface area (Å²) in [6.45, 7) is 0.863. The Balaban J connectivity index is 3.45. The van der Waals surface area contributed by atoms with Crippen molar-refractivity contribution < 1.29 is 4.39 Å². The second-order valence-electron chi connectivity index (χ2n) is 0.933. The molecule has 0 aliphatic heterocycles. The number of alkyl halides is 2. The Morgan fingerprint density at radius 2 is 2.17 bits per heavy atom. The van der Waals surface area contributed by atoms with Gasteiger partial charge in [0.1, 0.15) is 0 Å². The third kappa shape index (κ3) is 3.82. The van der Waals surface area contributed by atoms with Crippen molar-refractivity contribution in [1.29, 1.82) is 0 Å². The van der Waals surface area contributed by atoms with Crippen LogP contribution in [0.1, 0.15) is 6.92 Å². The van der Waals surface area contributed by atoms with E-state index in [1.807, 2.05) is 5.18 Å². The zero-order valence-electron chi connectivity index (χ0n) is 3.11. The number of hydrogen-bond donors (Lipinski definition) is 0. The van der Waals surface area contributed by atoms with Crippen LogP contribution in [0.2, 0.25) is 0 Å². The van der Waals surface area contributed by atoms with E-state index in [1.165, 1.54) is 0 Å². The molecule has 0 aromatic rings. The maximum atomic E-state index is 11.4. The molecule has 0 bridgehead atoms. The zero-order valence-corrected chi connectivity index (χ0v) is 3.87. The molecule has 36 valence electrons. The summed E-state index contributed by atoms with van der Waals surface area (Å²) in [6.07, 6.45) is 0. The Labute approximate surface area is 39.3 Å².